The Balaban J connectivity index is 1.78. The molecule has 2 N–H and O–H groups in total. The molecule has 2 amide bonds. The number of rotatable bonds is 6. The highest BCUT2D eigenvalue weighted by Gasteiger charge is 2.28. The number of benzene rings is 1. The fraction of sp³-hybridized carbons (Fsp3) is 0.400. The third-order valence-corrected chi connectivity index (χ3v) is 3.42. The molecular formula is C15H18ClN3O3. The Morgan fingerprint density at radius 3 is 2.73 bits per heavy atom. The van der Waals surface area contributed by atoms with E-state index < -0.39 is 6.10 Å². The van der Waals surface area contributed by atoms with Gasteiger partial charge >= 0.3 is 0 Å². The zero-order valence-corrected chi connectivity index (χ0v) is 13.0. The molecule has 0 saturated carbocycles. The molecule has 0 fully saturated rings. The number of hydrogen-bond donors (Lipinski definition) is 2. The maximum atomic E-state index is 12.0. The maximum absolute atomic E-state index is 12.0. The van der Waals surface area contributed by atoms with Crippen LogP contribution >= 0.6 is 11.6 Å². The van der Waals surface area contributed by atoms with E-state index in [2.05, 4.69) is 15.8 Å². The molecule has 0 unspecified atom stereocenters. The summed E-state index contributed by atoms with van der Waals surface area (Å²) in [7, 11) is 0. The first-order valence-electron chi connectivity index (χ1n) is 7.13. The van der Waals surface area contributed by atoms with Crippen molar-refractivity contribution in [2.24, 2.45) is 5.16 Å². The number of hydrogen-bond acceptors (Lipinski definition) is 4. The fourth-order valence-corrected chi connectivity index (χ4v) is 2.16. The van der Waals surface area contributed by atoms with Crippen LogP contribution in [0.25, 0.3) is 0 Å². The first kappa shape index (κ1) is 16.3. The molecule has 118 valence electrons. The van der Waals surface area contributed by atoms with Gasteiger partial charge in [0.05, 0.1) is 5.71 Å². The standard InChI is InChI=1S/C15H18ClN3O3/c1-2-17-14(20)7-8-18-15(21)13-9-12(19-22-13)10-3-5-11(16)6-4-10/h3-6,13H,2,7-9H2,1H3,(H,17,20)(H,18,21)/t13-/m1/s1. The van der Waals surface area contributed by atoms with Gasteiger partial charge in [0.2, 0.25) is 12.0 Å². The van der Waals surface area contributed by atoms with Gasteiger partial charge in [0.25, 0.3) is 5.91 Å². The minimum Gasteiger partial charge on any atom is -0.382 e. The molecule has 1 aliphatic heterocycles. The van der Waals surface area contributed by atoms with Crippen LogP contribution < -0.4 is 10.6 Å². The first-order valence-corrected chi connectivity index (χ1v) is 7.51. The Hall–Kier alpha value is -2.08. The van der Waals surface area contributed by atoms with Crippen molar-refractivity contribution in [3.05, 3.63) is 34.9 Å². The molecule has 22 heavy (non-hydrogen) atoms. The Morgan fingerprint density at radius 1 is 1.32 bits per heavy atom. The lowest BCUT2D eigenvalue weighted by Gasteiger charge is -2.09. The third kappa shape index (κ3) is 4.46. The second kappa shape index (κ2) is 7.79. The number of carbonyl (C=O) groups excluding carboxylic acids is 2. The zero-order chi connectivity index (χ0) is 15.9. The fourth-order valence-electron chi connectivity index (χ4n) is 2.03. The lowest BCUT2D eigenvalue weighted by atomic mass is 10.0. The van der Waals surface area contributed by atoms with Crippen LogP contribution in [0.2, 0.25) is 5.02 Å². The molecule has 1 aromatic rings. The van der Waals surface area contributed by atoms with E-state index in [1.807, 2.05) is 19.1 Å². The highest BCUT2D eigenvalue weighted by molar-refractivity contribution is 6.30. The van der Waals surface area contributed by atoms with Crippen molar-refractivity contribution in [2.45, 2.75) is 25.9 Å². The van der Waals surface area contributed by atoms with Crippen LogP contribution in [0.1, 0.15) is 25.3 Å². The number of nitrogens with one attached hydrogen (secondary N) is 2. The van der Waals surface area contributed by atoms with Gasteiger partial charge in [0, 0.05) is 31.0 Å². The summed E-state index contributed by atoms with van der Waals surface area (Å²) in [5, 5.41) is 9.93. The second-order valence-electron chi connectivity index (χ2n) is 4.84. The van der Waals surface area contributed by atoms with Gasteiger partial charge in [-0.25, -0.2) is 0 Å². The molecule has 7 heteroatoms. The average Bonchev–Trinajstić information content (AvgIpc) is 2.98. The summed E-state index contributed by atoms with van der Waals surface area (Å²) in [5.41, 5.74) is 1.59. The predicted octanol–water partition coefficient (Wildman–Crippen LogP) is 1.48. The molecule has 1 aliphatic rings. The van der Waals surface area contributed by atoms with E-state index in [0.717, 1.165) is 5.56 Å². The van der Waals surface area contributed by atoms with Gasteiger partial charge in [0.1, 0.15) is 0 Å². The van der Waals surface area contributed by atoms with Crippen LogP contribution in [-0.4, -0.2) is 36.7 Å². The van der Waals surface area contributed by atoms with E-state index in [-0.39, 0.29) is 24.8 Å². The van der Waals surface area contributed by atoms with E-state index in [0.29, 0.717) is 23.7 Å². The van der Waals surface area contributed by atoms with E-state index in [9.17, 15) is 9.59 Å². The largest absolute Gasteiger partial charge is 0.382 e. The molecule has 0 bridgehead atoms. The number of amides is 2. The van der Waals surface area contributed by atoms with Gasteiger partial charge in [0.15, 0.2) is 0 Å². The van der Waals surface area contributed by atoms with Crippen LogP contribution in [0.15, 0.2) is 29.4 Å². The summed E-state index contributed by atoms with van der Waals surface area (Å²) in [6.07, 6.45) is -0.00819. The summed E-state index contributed by atoms with van der Waals surface area (Å²) < 4.78 is 0. The summed E-state index contributed by atoms with van der Waals surface area (Å²) in [5.74, 6) is -0.356. The highest BCUT2D eigenvalue weighted by atomic mass is 35.5. The van der Waals surface area contributed by atoms with Crippen LogP contribution in [0, 0.1) is 0 Å². The van der Waals surface area contributed by atoms with Crippen molar-refractivity contribution in [2.75, 3.05) is 13.1 Å². The van der Waals surface area contributed by atoms with Gasteiger partial charge in [-0.15, -0.1) is 0 Å². The van der Waals surface area contributed by atoms with Crippen molar-refractivity contribution in [3.8, 4) is 0 Å². The summed E-state index contributed by atoms with van der Waals surface area (Å²) in [4.78, 5) is 28.4. The van der Waals surface area contributed by atoms with Gasteiger partial charge in [-0.3, -0.25) is 9.59 Å². The smallest absolute Gasteiger partial charge is 0.264 e. The third-order valence-electron chi connectivity index (χ3n) is 3.16. The van der Waals surface area contributed by atoms with E-state index in [4.69, 9.17) is 16.4 Å². The van der Waals surface area contributed by atoms with E-state index in [1.165, 1.54) is 0 Å². The molecule has 2 rings (SSSR count). The van der Waals surface area contributed by atoms with Gasteiger partial charge in [-0.2, -0.15) is 0 Å². The summed E-state index contributed by atoms with van der Waals surface area (Å²) >= 11 is 5.83. The van der Waals surface area contributed by atoms with Crippen molar-refractivity contribution in [1.82, 2.24) is 10.6 Å². The van der Waals surface area contributed by atoms with Crippen molar-refractivity contribution in [1.29, 1.82) is 0 Å². The molecular weight excluding hydrogens is 306 g/mol. The zero-order valence-electron chi connectivity index (χ0n) is 12.3. The molecule has 1 aromatic carbocycles. The quantitative estimate of drug-likeness (QED) is 0.832. The number of oxime groups is 1. The maximum Gasteiger partial charge on any atom is 0.264 e. The SMILES string of the molecule is CCNC(=O)CCNC(=O)[C@H]1CC(c2ccc(Cl)cc2)=NO1. The van der Waals surface area contributed by atoms with Crippen LogP contribution in [0.3, 0.4) is 0 Å². The predicted molar refractivity (Wildman–Crippen MR) is 83.8 cm³/mol. The Bertz CT molecular complexity index is 572. The van der Waals surface area contributed by atoms with Crippen LogP contribution in [-0.2, 0) is 14.4 Å². The Labute approximate surface area is 133 Å². The molecule has 1 atom stereocenters. The first-order chi connectivity index (χ1) is 10.6. The van der Waals surface area contributed by atoms with Crippen molar-refractivity contribution in [3.63, 3.8) is 0 Å². The monoisotopic (exact) mass is 323 g/mol. The average molecular weight is 324 g/mol. The van der Waals surface area contributed by atoms with Crippen molar-refractivity contribution < 1.29 is 14.4 Å². The Morgan fingerprint density at radius 2 is 2.05 bits per heavy atom. The van der Waals surface area contributed by atoms with E-state index >= 15 is 0 Å². The molecule has 0 radical (unpaired) electrons. The number of nitrogens with zero attached hydrogens (tertiary/aromatic N) is 1. The Kier molecular flexibility index (Phi) is 5.77. The van der Waals surface area contributed by atoms with E-state index in [1.54, 1.807) is 12.1 Å². The number of halogens is 1. The normalized spacial score (nSPS) is 16.6. The van der Waals surface area contributed by atoms with Gasteiger partial charge in [-0.1, -0.05) is 28.9 Å². The molecule has 0 spiro atoms. The highest BCUT2D eigenvalue weighted by Crippen LogP contribution is 2.18. The molecule has 1 heterocycles. The molecule has 0 aromatic heterocycles. The van der Waals surface area contributed by atoms with Crippen LogP contribution in [0.5, 0.6) is 0 Å². The van der Waals surface area contributed by atoms with Gasteiger partial charge in [-0.05, 0) is 24.6 Å². The topological polar surface area (TPSA) is 79.8 Å². The second-order valence-corrected chi connectivity index (χ2v) is 5.27. The van der Waals surface area contributed by atoms with Gasteiger partial charge < -0.3 is 15.5 Å². The molecule has 0 aliphatic carbocycles. The molecule has 6 nitrogen and oxygen atoms in total. The van der Waals surface area contributed by atoms with Crippen molar-refractivity contribution >= 4 is 29.1 Å². The molecule has 0 saturated heterocycles. The number of carbonyl (C=O) groups is 2. The lowest BCUT2D eigenvalue weighted by Crippen LogP contribution is -2.37. The lowest BCUT2D eigenvalue weighted by molar-refractivity contribution is -0.131. The summed E-state index contributed by atoms with van der Waals surface area (Å²) in [6, 6.07) is 7.19. The summed E-state index contributed by atoms with van der Waals surface area (Å²) in [6.45, 7) is 2.70. The van der Waals surface area contributed by atoms with Crippen LogP contribution in [0.4, 0.5) is 0 Å². The minimum atomic E-state index is -0.653. The minimum absolute atomic E-state index is 0.0896.